The standard InChI is InChI=1S/C13H11N3O5/c1-19-8-11-5-10(15-21-11)7-20-13-3-2-9(6-14)4-12(13)16(17)18/h2-5H,7-8H2,1H3. The van der Waals surface area contributed by atoms with Gasteiger partial charge >= 0.3 is 5.69 Å². The highest BCUT2D eigenvalue weighted by Gasteiger charge is 2.17. The van der Waals surface area contributed by atoms with Gasteiger partial charge in [0.1, 0.15) is 18.9 Å². The molecule has 108 valence electrons. The molecule has 0 N–H and O–H groups in total. The molecule has 0 aliphatic carbocycles. The van der Waals surface area contributed by atoms with Crippen molar-refractivity contribution in [3.05, 3.63) is 51.4 Å². The van der Waals surface area contributed by atoms with E-state index in [-0.39, 0.29) is 30.2 Å². The van der Waals surface area contributed by atoms with E-state index in [2.05, 4.69) is 5.16 Å². The number of benzene rings is 1. The molecular formula is C13H11N3O5. The Balaban J connectivity index is 2.12. The molecule has 0 radical (unpaired) electrons. The number of aromatic nitrogens is 1. The quantitative estimate of drug-likeness (QED) is 0.591. The Labute approximate surface area is 119 Å². The van der Waals surface area contributed by atoms with Gasteiger partial charge in [-0.05, 0) is 12.1 Å². The first-order valence-corrected chi connectivity index (χ1v) is 5.88. The van der Waals surface area contributed by atoms with Crippen LogP contribution < -0.4 is 4.74 Å². The van der Waals surface area contributed by atoms with E-state index >= 15 is 0 Å². The van der Waals surface area contributed by atoms with Crippen molar-refractivity contribution < 1.29 is 18.9 Å². The molecule has 0 unspecified atom stereocenters. The molecule has 0 atom stereocenters. The summed E-state index contributed by atoms with van der Waals surface area (Å²) in [5, 5.41) is 23.5. The zero-order chi connectivity index (χ0) is 15.2. The van der Waals surface area contributed by atoms with E-state index in [0.29, 0.717) is 11.5 Å². The summed E-state index contributed by atoms with van der Waals surface area (Å²) in [4.78, 5) is 10.4. The average molecular weight is 289 g/mol. The van der Waals surface area contributed by atoms with E-state index < -0.39 is 4.92 Å². The fraction of sp³-hybridized carbons (Fsp3) is 0.231. The van der Waals surface area contributed by atoms with Gasteiger partial charge < -0.3 is 14.0 Å². The molecule has 8 nitrogen and oxygen atoms in total. The van der Waals surface area contributed by atoms with Crippen LogP contribution in [0, 0.1) is 21.4 Å². The Morgan fingerprint density at radius 2 is 2.24 bits per heavy atom. The summed E-state index contributed by atoms with van der Waals surface area (Å²) in [6.45, 7) is 0.296. The van der Waals surface area contributed by atoms with Crippen LogP contribution in [0.5, 0.6) is 5.75 Å². The minimum atomic E-state index is -0.602. The first-order valence-electron chi connectivity index (χ1n) is 5.88. The molecule has 0 aliphatic rings. The van der Waals surface area contributed by atoms with Gasteiger partial charge in [-0.1, -0.05) is 5.16 Å². The van der Waals surface area contributed by atoms with Crippen molar-refractivity contribution in [2.24, 2.45) is 0 Å². The molecule has 2 rings (SSSR count). The predicted molar refractivity (Wildman–Crippen MR) is 69.4 cm³/mol. The fourth-order valence-electron chi connectivity index (χ4n) is 1.64. The van der Waals surface area contributed by atoms with Crippen LogP contribution in [0.15, 0.2) is 28.8 Å². The number of methoxy groups -OCH3 is 1. The molecule has 0 saturated carbocycles. The summed E-state index contributed by atoms with van der Waals surface area (Å²) in [7, 11) is 1.53. The fourth-order valence-corrected chi connectivity index (χ4v) is 1.64. The number of ether oxygens (including phenoxy) is 2. The summed E-state index contributed by atoms with van der Waals surface area (Å²) in [6, 6.07) is 7.47. The lowest BCUT2D eigenvalue weighted by molar-refractivity contribution is -0.386. The maximum Gasteiger partial charge on any atom is 0.312 e. The second-order valence-corrected chi connectivity index (χ2v) is 4.06. The van der Waals surface area contributed by atoms with Gasteiger partial charge in [-0.15, -0.1) is 0 Å². The topological polar surface area (TPSA) is 111 Å². The maximum atomic E-state index is 11.0. The first kappa shape index (κ1) is 14.5. The van der Waals surface area contributed by atoms with Gasteiger partial charge in [-0.3, -0.25) is 10.1 Å². The molecule has 1 aromatic carbocycles. The molecule has 0 aliphatic heterocycles. The predicted octanol–water partition coefficient (Wildman–Crippen LogP) is 2.18. The van der Waals surface area contributed by atoms with Crippen LogP contribution in [-0.2, 0) is 18.0 Å². The van der Waals surface area contributed by atoms with Crippen LogP contribution in [0.3, 0.4) is 0 Å². The van der Waals surface area contributed by atoms with Gasteiger partial charge in [0.25, 0.3) is 0 Å². The van der Waals surface area contributed by atoms with E-state index in [0.717, 1.165) is 6.07 Å². The molecule has 21 heavy (non-hydrogen) atoms. The second kappa shape index (κ2) is 6.49. The SMILES string of the molecule is COCc1cc(COc2ccc(C#N)cc2[N+](=O)[O-])no1. The van der Waals surface area contributed by atoms with Crippen LogP contribution in [0.2, 0.25) is 0 Å². The molecule has 0 spiro atoms. The minimum absolute atomic E-state index is 0.0138. The van der Waals surface area contributed by atoms with Gasteiger partial charge in [0.05, 0.1) is 16.6 Å². The van der Waals surface area contributed by atoms with E-state index in [1.54, 1.807) is 6.07 Å². The Morgan fingerprint density at radius 1 is 1.43 bits per heavy atom. The summed E-state index contributed by atoms with van der Waals surface area (Å²) >= 11 is 0. The number of hydrogen-bond donors (Lipinski definition) is 0. The zero-order valence-electron chi connectivity index (χ0n) is 11.1. The largest absolute Gasteiger partial charge is 0.480 e. The Kier molecular flexibility index (Phi) is 4.48. The van der Waals surface area contributed by atoms with Gasteiger partial charge in [0, 0.05) is 19.2 Å². The van der Waals surface area contributed by atoms with E-state index in [9.17, 15) is 10.1 Å². The van der Waals surface area contributed by atoms with Crippen LogP contribution in [-0.4, -0.2) is 17.2 Å². The average Bonchev–Trinajstić information content (AvgIpc) is 2.93. The van der Waals surface area contributed by atoms with Crippen LogP contribution in [0.4, 0.5) is 5.69 Å². The number of nitriles is 1. The molecule has 0 fully saturated rings. The maximum absolute atomic E-state index is 11.0. The third kappa shape index (κ3) is 3.55. The smallest absolute Gasteiger partial charge is 0.312 e. The van der Waals surface area contributed by atoms with Gasteiger partial charge in [0.15, 0.2) is 11.5 Å². The summed E-state index contributed by atoms with van der Waals surface area (Å²) in [5.74, 6) is 0.598. The third-order valence-corrected chi connectivity index (χ3v) is 2.55. The second-order valence-electron chi connectivity index (χ2n) is 4.06. The molecule has 0 bridgehead atoms. The van der Waals surface area contributed by atoms with Crippen molar-refractivity contribution in [3.63, 3.8) is 0 Å². The van der Waals surface area contributed by atoms with E-state index in [1.807, 2.05) is 6.07 Å². The highest BCUT2D eigenvalue weighted by Crippen LogP contribution is 2.28. The minimum Gasteiger partial charge on any atom is -0.480 e. The zero-order valence-corrected chi connectivity index (χ0v) is 11.1. The molecule has 1 aromatic heterocycles. The number of nitro groups is 1. The van der Waals surface area contributed by atoms with Crippen LogP contribution >= 0.6 is 0 Å². The lowest BCUT2D eigenvalue weighted by Crippen LogP contribution is -1.99. The number of nitro benzene ring substituents is 1. The summed E-state index contributed by atoms with van der Waals surface area (Å²) in [6.07, 6.45) is 0. The normalized spacial score (nSPS) is 10.1. The van der Waals surface area contributed by atoms with Crippen molar-refractivity contribution in [1.82, 2.24) is 5.16 Å². The van der Waals surface area contributed by atoms with Crippen molar-refractivity contribution in [2.75, 3.05) is 7.11 Å². The van der Waals surface area contributed by atoms with Gasteiger partial charge in [0.2, 0.25) is 0 Å². The van der Waals surface area contributed by atoms with E-state index in [4.69, 9.17) is 19.3 Å². The first-order chi connectivity index (χ1) is 10.1. The highest BCUT2D eigenvalue weighted by molar-refractivity contribution is 5.51. The number of hydrogen-bond acceptors (Lipinski definition) is 7. The lowest BCUT2D eigenvalue weighted by atomic mass is 10.2. The molecular weight excluding hydrogens is 278 g/mol. The number of rotatable bonds is 6. The molecule has 2 aromatic rings. The summed E-state index contributed by atoms with van der Waals surface area (Å²) < 4.78 is 15.2. The monoisotopic (exact) mass is 289 g/mol. The molecule has 8 heteroatoms. The van der Waals surface area contributed by atoms with Crippen molar-refractivity contribution in [2.45, 2.75) is 13.2 Å². The van der Waals surface area contributed by atoms with Gasteiger partial charge in [-0.2, -0.15) is 5.26 Å². The van der Waals surface area contributed by atoms with Gasteiger partial charge in [-0.25, -0.2) is 0 Å². The van der Waals surface area contributed by atoms with Crippen LogP contribution in [0.1, 0.15) is 17.0 Å². The number of nitrogens with zero attached hydrogens (tertiary/aromatic N) is 3. The summed E-state index contributed by atoms with van der Waals surface area (Å²) in [5.41, 5.74) is 0.410. The molecule has 1 heterocycles. The van der Waals surface area contributed by atoms with Crippen molar-refractivity contribution in [1.29, 1.82) is 5.26 Å². The van der Waals surface area contributed by atoms with Crippen molar-refractivity contribution >= 4 is 5.69 Å². The molecule has 0 saturated heterocycles. The lowest BCUT2D eigenvalue weighted by Gasteiger charge is -2.04. The Bertz CT molecular complexity index is 689. The Morgan fingerprint density at radius 3 is 2.90 bits per heavy atom. The highest BCUT2D eigenvalue weighted by atomic mass is 16.6. The Hall–Kier alpha value is -2.92. The van der Waals surface area contributed by atoms with Crippen molar-refractivity contribution in [3.8, 4) is 11.8 Å². The van der Waals surface area contributed by atoms with E-state index in [1.165, 1.54) is 19.2 Å². The van der Waals surface area contributed by atoms with Crippen LogP contribution in [0.25, 0.3) is 0 Å². The third-order valence-electron chi connectivity index (χ3n) is 2.55. The molecule has 0 amide bonds.